The number of aliphatic carboxylic acids is 1. The summed E-state index contributed by atoms with van der Waals surface area (Å²) in [5.74, 6) is -0.900. The number of nitrogens with one attached hydrogen (secondary N) is 1. The third kappa shape index (κ3) is 6.12. The molecule has 1 heterocycles. The standard InChI is InChI=1S/C13H21N3O3S/c1-9(2)16(6-4-5-12(18)19)7-11-8-20-13(15-11)14-10(3)17/h8-9H,4-7H2,1-3H3,(H,18,19)(H,14,15,17). The number of carbonyl (C=O) groups excluding carboxylic acids is 1. The summed E-state index contributed by atoms with van der Waals surface area (Å²) >= 11 is 1.40. The molecule has 0 saturated heterocycles. The van der Waals surface area contributed by atoms with Gasteiger partial charge < -0.3 is 10.4 Å². The quantitative estimate of drug-likeness (QED) is 0.769. The molecule has 1 aromatic heterocycles. The molecule has 0 atom stereocenters. The molecule has 0 saturated carbocycles. The van der Waals surface area contributed by atoms with Crippen molar-refractivity contribution in [1.29, 1.82) is 0 Å². The van der Waals surface area contributed by atoms with E-state index in [1.807, 2.05) is 5.38 Å². The average Bonchev–Trinajstić information content (AvgIpc) is 2.73. The lowest BCUT2D eigenvalue weighted by molar-refractivity contribution is -0.137. The van der Waals surface area contributed by atoms with Gasteiger partial charge in [0.15, 0.2) is 5.13 Å². The third-order valence-electron chi connectivity index (χ3n) is 2.77. The molecule has 0 aromatic carbocycles. The summed E-state index contributed by atoms with van der Waals surface area (Å²) in [6.45, 7) is 6.97. The van der Waals surface area contributed by atoms with Gasteiger partial charge >= 0.3 is 5.97 Å². The minimum Gasteiger partial charge on any atom is -0.481 e. The predicted molar refractivity (Wildman–Crippen MR) is 78.8 cm³/mol. The molecule has 1 rings (SSSR count). The van der Waals surface area contributed by atoms with Crippen LogP contribution in [-0.2, 0) is 16.1 Å². The van der Waals surface area contributed by atoms with Gasteiger partial charge in [0.1, 0.15) is 0 Å². The first kappa shape index (κ1) is 16.6. The highest BCUT2D eigenvalue weighted by atomic mass is 32.1. The normalized spacial score (nSPS) is 11.1. The molecular formula is C13H21N3O3S. The van der Waals surface area contributed by atoms with Crippen LogP contribution < -0.4 is 5.32 Å². The number of hydrogen-bond donors (Lipinski definition) is 2. The van der Waals surface area contributed by atoms with Gasteiger partial charge in [0.2, 0.25) is 5.91 Å². The van der Waals surface area contributed by atoms with Crippen molar-refractivity contribution in [3.8, 4) is 0 Å². The molecule has 0 unspecified atom stereocenters. The molecule has 0 aliphatic heterocycles. The number of carbonyl (C=O) groups is 2. The number of rotatable bonds is 8. The van der Waals surface area contributed by atoms with Crippen LogP contribution in [0.1, 0.15) is 39.3 Å². The van der Waals surface area contributed by atoms with Crippen LogP contribution in [0.3, 0.4) is 0 Å². The van der Waals surface area contributed by atoms with E-state index in [-0.39, 0.29) is 12.3 Å². The molecule has 1 aromatic rings. The monoisotopic (exact) mass is 299 g/mol. The number of amides is 1. The van der Waals surface area contributed by atoms with Crippen LogP contribution in [0.5, 0.6) is 0 Å². The Morgan fingerprint density at radius 1 is 1.50 bits per heavy atom. The Bertz CT molecular complexity index is 459. The van der Waals surface area contributed by atoms with E-state index in [4.69, 9.17) is 5.11 Å². The van der Waals surface area contributed by atoms with E-state index in [2.05, 4.69) is 29.0 Å². The Kier molecular flexibility index (Phi) is 6.60. The van der Waals surface area contributed by atoms with Gasteiger partial charge in [0, 0.05) is 31.3 Å². The van der Waals surface area contributed by atoms with E-state index in [0.29, 0.717) is 24.1 Å². The van der Waals surface area contributed by atoms with Crippen LogP contribution in [0, 0.1) is 0 Å². The summed E-state index contributed by atoms with van der Waals surface area (Å²) in [4.78, 5) is 28.0. The minimum atomic E-state index is -0.768. The highest BCUT2D eigenvalue weighted by molar-refractivity contribution is 7.13. The maximum Gasteiger partial charge on any atom is 0.303 e. The summed E-state index contributed by atoms with van der Waals surface area (Å²) in [6.07, 6.45) is 0.799. The minimum absolute atomic E-state index is 0.131. The predicted octanol–water partition coefficient (Wildman–Crippen LogP) is 2.18. The summed E-state index contributed by atoms with van der Waals surface area (Å²) in [5.41, 5.74) is 0.891. The molecule has 0 spiro atoms. The lowest BCUT2D eigenvalue weighted by atomic mass is 10.2. The summed E-state index contributed by atoms with van der Waals surface area (Å²) in [5, 5.41) is 13.8. The number of aromatic nitrogens is 1. The zero-order valence-corrected chi connectivity index (χ0v) is 12.9. The Hall–Kier alpha value is -1.47. The van der Waals surface area contributed by atoms with Crippen molar-refractivity contribution in [3.05, 3.63) is 11.1 Å². The second kappa shape index (κ2) is 7.96. The highest BCUT2D eigenvalue weighted by Crippen LogP contribution is 2.17. The number of anilines is 1. The van der Waals surface area contributed by atoms with Crippen molar-refractivity contribution in [2.75, 3.05) is 11.9 Å². The molecule has 112 valence electrons. The Balaban J connectivity index is 2.54. The number of thiazole rings is 1. The van der Waals surface area contributed by atoms with Crippen LogP contribution in [-0.4, -0.2) is 39.5 Å². The van der Waals surface area contributed by atoms with E-state index in [1.54, 1.807) is 0 Å². The van der Waals surface area contributed by atoms with Crippen LogP contribution >= 0.6 is 11.3 Å². The maximum absolute atomic E-state index is 10.9. The topological polar surface area (TPSA) is 82.5 Å². The summed E-state index contributed by atoms with van der Waals surface area (Å²) < 4.78 is 0. The molecule has 20 heavy (non-hydrogen) atoms. The second-order valence-corrected chi connectivity index (χ2v) is 5.74. The van der Waals surface area contributed by atoms with Gasteiger partial charge in [0.25, 0.3) is 0 Å². The van der Waals surface area contributed by atoms with Crippen molar-refractivity contribution in [3.63, 3.8) is 0 Å². The molecular weight excluding hydrogens is 278 g/mol. The highest BCUT2D eigenvalue weighted by Gasteiger charge is 2.13. The van der Waals surface area contributed by atoms with E-state index < -0.39 is 5.97 Å². The number of hydrogen-bond acceptors (Lipinski definition) is 5. The molecule has 1 amide bonds. The Morgan fingerprint density at radius 3 is 2.75 bits per heavy atom. The van der Waals surface area contributed by atoms with Crippen LogP contribution in [0.25, 0.3) is 0 Å². The van der Waals surface area contributed by atoms with Crippen molar-refractivity contribution >= 4 is 28.3 Å². The van der Waals surface area contributed by atoms with Crippen molar-refractivity contribution in [2.24, 2.45) is 0 Å². The fourth-order valence-corrected chi connectivity index (χ4v) is 2.50. The van der Waals surface area contributed by atoms with Gasteiger partial charge in [-0.2, -0.15) is 0 Å². The molecule has 7 heteroatoms. The van der Waals surface area contributed by atoms with Crippen molar-refractivity contribution in [2.45, 2.75) is 46.2 Å². The summed E-state index contributed by atoms with van der Waals surface area (Å²) in [6, 6.07) is 0.315. The van der Waals surface area contributed by atoms with Gasteiger partial charge in [0.05, 0.1) is 5.69 Å². The molecule has 0 aliphatic rings. The molecule has 0 radical (unpaired) electrons. The fourth-order valence-electron chi connectivity index (χ4n) is 1.75. The summed E-state index contributed by atoms with van der Waals surface area (Å²) in [7, 11) is 0. The Labute approximate surface area is 122 Å². The molecule has 0 bridgehead atoms. The molecule has 0 aliphatic carbocycles. The SMILES string of the molecule is CC(=O)Nc1nc(CN(CCCC(=O)O)C(C)C)cs1. The van der Waals surface area contributed by atoms with Gasteiger partial charge in [-0.05, 0) is 26.8 Å². The molecule has 2 N–H and O–H groups in total. The van der Waals surface area contributed by atoms with Gasteiger partial charge in [-0.25, -0.2) is 4.98 Å². The first-order valence-corrected chi connectivity index (χ1v) is 7.44. The van der Waals surface area contributed by atoms with Gasteiger partial charge in [-0.3, -0.25) is 14.5 Å². The van der Waals surface area contributed by atoms with Crippen LogP contribution in [0.15, 0.2) is 5.38 Å². The van der Waals surface area contributed by atoms with Gasteiger partial charge in [-0.1, -0.05) is 0 Å². The van der Waals surface area contributed by atoms with Crippen LogP contribution in [0.4, 0.5) is 5.13 Å². The first-order valence-electron chi connectivity index (χ1n) is 6.56. The molecule has 0 fully saturated rings. The van der Waals surface area contributed by atoms with E-state index in [1.165, 1.54) is 18.3 Å². The average molecular weight is 299 g/mol. The lowest BCUT2D eigenvalue weighted by Gasteiger charge is -2.25. The maximum atomic E-state index is 10.9. The lowest BCUT2D eigenvalue weighted by Crippen LogP contribution is -2.31. The number of nitrogens with zero attached hydrogens (tertiary/aromatic N) is 2. The second-order valence-electron chi connectivity index (χ2n) is 4.89. The van der Waals surface area contributed by atoms with E-state index >= 15 is 0 Å². The van der Waals surface area contributed by atoms with E-state index in [9.17, 15) is 9.59 Å². The zero-order valence-electron chi connectivity index (χ0n) is 12.0. The van der Waals surface area contributed by atoms with Gasteiger partial charge in [-0.15, -0.1) is 11.3 Å². The van der Waals surface area contributed by atoms with Crippen molar-refractivity contribution in [1.82, 2.24) is 9.88 Å². The zero-order chi connectivity index (χ0) is 15.1. The van der Waals surface area contributed by atoms with Crippen LogP contribution in [0.2, 0.25) is 0 Å². The largest absolute Gasteiger partial charge is 0.481 e. The first-order chi connectivity index (χ1) is 9.38. The third-order valence-corrected chi connectivity index (χ3v) is 3.57. The fraction of sp³-hybridized carbons (Fsp3) is 0.615. The molecule has 6 nitrogen and oxygen atoms in total. The number of carboxylic acids is 1. The Morgan fingerprint density at radius 2 is 2.20 bits per heavy atom. The van der Waals surface area contributed by atoms with E-state index in [0.717, 1.165) is 12.2 Å². The number of carboxylic acid groups (broad SMARTS) is 1. The smallest absolute Gasteiger partial charge is 0.303 e. The van der Waals surface area contributed by atoms with Crippen molar-refractivity contribution < 1.29 is 14.7 Å².